The predicted molar refractivity (Wildman–Crippen MR) is 48.0 cm³/mol. The molecule has 0 aliphatic rings. The van der Waals surface area contributed by atoms with E-state index >= 15 is 0 Å². The molecule has 0 bridgehead atoms. The van der Waals surface area contributed by atoms with Gasteiger partial charge in [0.25, 0.3) is 0 Å². The Morgan fingerprint density at radius 2 is 1.55 bits per heavy atom. The fourth-order valence-electron chi connectivity index (χ4n) is 0.428. The fourth-order valence-corrected chi connectivity index (χ4v) is 0.428. The number of aliphatic hydroxyl groups excluding tert-OH is 1. The van der Waals surface area contributed by atoms with Crippen molar-refractivity contribution in [2.24, 2.45) is 0 Å². The normalized spacial score (nSPS) is 7.09. The van der Waals surface area contributed by atoms with Gasteiger partial charge in [-0.25, -0.2) is 0 Å². The second-order valence-electron chi connectivity index (χ2n) is 1.65. The van der Waals surface area contributed by atoms with E-state index in [1.54, 1.807) is 31.2 Å². The molecule has 0 aliphatic heterocycles. The van der Waals surface area contributed by atoms with Gasteiger partial charge >= 0.3 is 29.6 Å². The minimum absolute atomic E-state index is 0. The Morgan fingerprint density at radius 3 is 1.73 bits per heavy atom. The van der Waals surface area contributed by atoms with Crippen LogP contribution in [0.15, 0.2) is 30.3 Å². The Morgan fingerprint density at radius 1 is 1.18 bits per heavy atom. The number of phenols is 1. The molecule has 0 saturated heterocycles. The maximum atomic E-state index is 8.63. The summed E-state index contributed by atoms with van der Waals surface area (Å²) in [6.07, 6.45) is 0. The summed E-state index contributed by atoms with van der Waals surface area (Å²) in [7, 11) is 0. The van der Waals surface area contributed by atoms with Gasteiger partial charge in [0.1, 0.15) is 5.75 Å². The summed E-state index contributed by atoms with van der Waals surface area (Å²) in [5.41, 5.74) is 0. The summed E-state index contributed by atoms with van der Waals surface area (Å²) in [5, 5.41) is 16.2. The van der Waals surface area contributed by atoms with Crippen molar-refractivity contribution in [3.8, 4) is 5.75 Å². The van der Waals surface area contributed by atoms with Gasteiger partial charge in [-0.2, -0.15) is 0 Å². The summed E-state index contributed by atoms with van der Waals surface area (Å²) in [6, 6.07) is 8.71. The van der Waals surface area contributed by atoms with Crippen LogP contribution in [-0.2, 0) is 0 Å². The summed E-state index contributed by atoms with van der Waals surface area (Å²) in [5.74, 6) is 0.322. The van der Waals surface area contributed by atoms with Crippen LogP contribution in [0, 0.1) is 0 Å². The molecule has 2 nitrogen and oxygen atoms in total. The van der Waals surface area contributed by atoms with Crippen molar-refractivity contribution in [2.45, 2.75) is 6.92 Å². The van der Waals surface area contributed by atoms with Crippen LogP contribution < -0.4 is 0 Å². The van der Waals surface area contributed by atoms with Gasteiger partial charge < -0.3 is 10.2 Å². The maximum absolute atomic E-state index is 8.63. The molecule has 0 aliphatic carbocycles. The van der Waals surface area contributed by atoms with Crippen molar-refractivity contribution in [2.75, 3.05) is 6.61 Å². The Balaban J connectivity index is 0. The topological polar surface area (TPSA) is 40.5 Å². The Bertz CT molecular complexity index is 153. The number of phenolic OH excluding ortho intramolecular Hbond substituents is 1. The van der Waals surface area contributed by atoms with Crippen molar-refractivity contribution < 1.29 is 10.2 Å². The van der Waals surface area contributed by atoms with Crippen LogP contribution in [0.2, 0.25) is 0 Å². The molecule has 0 fully saturated rings. The van der Waals surface area contributed by atoms with Gasteiger partial charge in [0, 0.05) is 6.61 Å². The molecule has 1 aromatic carbocycles. The zero-order chi connectivity index (χ0) is 7.82. The van der Waals surface area contributed by atoms with Gasteiger partial charge in [-0.05, 0) is 19.1 Å². The number of hydrogen-bond acceptors (Lipinski definition) is 2. The van der Waals surface area contributed by atoms with Gasteiger partial charge in [-0.3, -0.25) is 0 Å². The van der Waals surface area contributed by atoms with Gasteiger partial charge in [0.2, 0.25) is 0 Å². The quantitative estimate of drug-likeness (QED) is 0.555. The molecule has 0 radical (unpaired) electrons. The molecule has 58 valence electrons. The zero-order valence-corrected chi connectivity index (χ0v) is 5.99. The fraction of sp³-hybridized carbons (Fsp3) is 0.250. The van der Waals surface area contributed by atoms with Gasteiger partial charge in [-0.15, -0.1) is 0 Å². The molecule has 0 atom stereocenters. The first-order chi connectivity index (χ1) is 4.81. The number of aromatic hydroxyl groups is 1. The molecular formula is C8H13NaO2. The van der Waals surface area contributed by atoms with Crippen molar-refractivity contribution in [3.05, 3.63) is 30.3 Å². The van der Waals surface area contributed by atoms with Crippen molar-refractivity contribution in [1.82, 2.24) is 0 Å². The van der Waals surface area contributed by atoms with Crippen LogP contribution in [0.25, 0.3) is 0 Å². The van der Waals surface area contributed by atoms with E-state index in [1.807, 2.05) is 6.07 Å². The van der Waals surface area contributed by atoms with E-state index in [-0.39, 0.29) is 36.2 Å². The van der Waals surface area contributed by atoms with E-state index in [9.17, 15) is 0 Å². The van der Waals surface area contributed by atoms with E-state index in [0.717, 1.165) is 0 Å². The molecule has 1 rings (SSSR count). The zero-order valence-electron chi connectivity index (χ0n) is 5.99. The Kier molecular flexibility index (Phi) is 12.3. The molecule has 1 aromatic rings. The number of benzene rings is 1. The molecule has 11 heavy (non-hydrogen) atoms. The number of rotatable bonds is 0. The third-order valence-electron chi connectivity index (χ3n) is 0.756. The van der Waals surface area contributed by atoms with Crippen molar-refractivity contribution >= 4 is 29.6 Å². The van der Waals surface area contributed by atoms with Crippen LogP contribution in [0.4, 0.5) is 0 Å². The predicted octanol–water partition coefficient (Wildman–Crippen LogP) is 0.742. The van der Waals surface area contributed by atoms with Crippen molar-refractivity contribution in [1.29, 1.82) is 0 Å². The van der Waals surface area contributed by atoms with E-state index in [2.05, 4.69) is 0 Å². The molecule has 0 spiro atoms. The molecular weight excluding hydrogens is 151 g/mol. The van der Waals surface area contributed by atoms with E-state index in [0.29, 0.717) is 5.75 Å². The van der Waals surface area contributed by atoms with E-state index < -0.39 is 0 Å². The first kappa shape index (κ1) is 13.6. The summed E-state index contributed by atoms with van der Waals surface area (Å²) in [4.78, 5) is 0. The Labute approximate surface area is 89.2 Å². The molecule has 2 N–H and O–H groups in total. The van der Waals surface area contributed by atoms with E-state index in [1.165, 1.54) is 0 Å². The average Bonchev–Trinajstić information content (AvgIpc) is 1.91. The monoisotopic (exact) mass is 164 g/mol. The standard InChI is InChI=1S/C6H6O.C2H6O.Na.H/c7-6-4-2-1-3-5-6;1-2-3;;/h1-5,7H;3H,2H2,1H3;;. The number of para-hydroxylation sites is 1. The van der Waals surface area contributed by atoms with Crippen molar-refractivity contribution in [3.63, 3.8) is 0 Å². The van der Waals surface area contributed by atoms with Crippen LogP contribution in [0.1, 0.15) is 6.92 Å². The molecule has 0 amide bonds. The van der Waals surface area contributed by atoms with Crippen LogP contribution in [0.3, 0.4) is 0 Å². The minimum atomic E-state index is 0. The molecule has 0 aromatic heterocycles. The molecule has 0 unspecified atom stereocenters. The van der Waals surface area contributed by atoms with Gasteiger partial charge in [-0.1, -0.05) is 18.2 Å². The molecule has 0 heterocycles. The van der Waals surface area contributed by atoms with E-state index in [4.69, 9.17) is 10.2 Å². The first-order valence-electron chi connectivity index (χ1n) is 3.16. The van der Waals surface area contributed by atoms with Crippen LogP contribution in [-0.4, -0.2) is 46.4 Å². The Hall–Kier alpha value is -0.0200. The average molecular weight is 164 g/mol. The molecule has 0 saturated carbocycles. The molecule has 3 heteroatoms. The second-order valence-corrected chi connectivity index (χ2v) is 1.65. The first-order valence-corrected chi connectivity index (χ1v) is 3.16. The number of aliphatic hydroxyl groups is 1. The number of hydrogen-bond donors (Lipinski definition) is 2. The third kappa shape index (κ3) is 9.98. The van der Waals surface area contributed by atoms with Gasteiger partial charge in [0.05, 0.1) is 0 Å². The van der Waals surface area contributed by atoms with Crippen LogP contribution in [0.5, 0.6) is 5.75 Å². The SMILES string of the molecule is CCO.Oc1ccccc1.[NaH]. The van der Waals surface area contributed by atoms with Crippen LogP contribution >= 0.6 is 0 Å². The van der Waals surface area contributed by atoms with Gasteiger partial charge in [0.15, 0.2) is 0 Å². The third-order valence-corrected chi connectivity index (χ3v) is 0.756. The summed E-state index contributed by atoms with van der Waals surface area (Å²) in [6.45, 7) is 1.93. The summed E-state index contributed by atoms with van der Waals surface area (Å²) < 4.78 is 0. The summed E-state index contributed by atoms with van der Waals surface area (Å²) >= 11 is 0. The second kappa shape index (κ2) is 9.98.